The lowest BCUT2D eigenvalue weighted by Gasteiger charge is -2.42. The molecule has 0 bridgehead atoms. The van der Waals surface area contributed by atoms with Crippen LogP contribution in [-0.2, 0) is 0 Å². The first-order valence-corrected chi connectivity index (χ1v) is 7.74. The number of rotatable bonds is 6. The average Bonchev–Trinajstić information content (AvgIpc) is 2.95. The average molecular weight is 276 g/mol. The van der Waals surface area contributed by atoms with Gasteiger partial charge in [-0.2, -0.15) is 0 Å². The lowest BCUT2D eigenvalue weighted by molar-refractivity contribution is 0.110. The van der Waals surface area contributed by atoms with Crippen LogP contribution in [0.5, 0.6) is 5.75 Å². The number of ether oxygens (including phenoxy) is 1. The maximum atomic E-state index is 5.64. The van der Waals surface area contributed by atoms with Crippen LogP contribution in [0.3, 0.4) is 0 Å². The molecule has 1 fully saturated rings. The molecule has 1 unspecified atom stereocenters. The van der Waals surface area contributed by atoms with Crippen LogP contribution in [-0.4, -0.2) is 37.2 Å². The Morgan fingerprint density at radius 3 is 2.60 bits per heavy atom. The van der Waals surface area contributed by atoms with Gasteiger partial charge in [-0.1, -0.05) is 12.1 Å². The smallest absolute Gasteiger partial charge is 0.119 e. The summed E-state index contributed by atoms with van der Waals surface area (Å²) < 4.78 is 5.64. The molecule has 1 aliphatic rings. The van der Waals surface area contributed by atoms with Gasteiger partial charge in [-0.15, -0.1) is 0 Å². The molecule has 0 saturated carbocycles. The van der Waals surface area contributed by atoms with E-state index in [-0.39, 0.29) is 5.54 Å². The fraction of sp³-hybridized carbons (Fsp3) is 0.647. The molecule has 112 valence electrons. The Morgan fingerprint density at radius 1 is 1.30 bits per heavy atom. The van der Waals surface area contributed by atoms with Gasteiger partial charge in [0.2, 0.25) is 0 Å². The maximum absolute atomic E-state index is 5.64. The Labute approximate surface area is 123 Å². The van der Waals surface area contributed by atoms with Gasteiger partial charge in [-0.3, -0.25) is 4.90 Å². The molecular formula is C17H28N2O. The van der Waals surface area contributed by atoms with E-state index in [0.717, 1.165) is 5.75 Å². The van der Waals surface area contributed by atoms with Crippen LogP contribution in [0.1, 0.15) is 45.2 Å². The summed E-state index contributed by atoms with van der Waals surface area (Å²) >= 11 is 0. The van der Waals surface area contributed by atoms with Crippen molar-refractivity contribution in [2.45, 2.75) is 45.2 Å². The van der Waals surface area contributed by atoms with Crippen molar-refractivity contribution in [1.82, 2.24) is 10.2 Å². The fourth-order valence-corrected chi connectivity index (χ4v) is 3.35. The first kappa shape index (κ1) is 15.3. The van der Waals surface area contributed by atoms with E-state index in [4.69, 9.17) is 4.74 Å². The molecule has 0 radical (unpaired) electrons. The monoisotopic (exact) mass is 276 g/mol. The van der Waals surface area contributed by atoms with E-state index in [1.165, 1.54) is 31.5 Å². The van der Waals surface area contributed by atoms with Crippen LogP contribution in [0.4, 0.5) is 0 Å². The number of hydrogen-bond acceptors (Lipinski definition) is 3. The van der Waals surface area contributed by atoms with Gasteiger partial charge in [0.05, 0.1) is 12.6 Å². The maximum Gasteiger partial charge on any atom is 0.119 e. The molecule has 2 rings (SSSR count). The van der Waals surface area contributed by atoms with Gasteiger partial charge in [0.25, 0.3) is 0 Å². The minimum atomic E-state index is 0.107. The summed E-state index contributed by atoms with van der Waals surface area (Å²) in [5.41, 5.74) is 1.41. The Balaban J connectivity index is 2.24. The zero-order valence-electron chi connectivity index (χ0n) is 13.3. The third kappa shape index (κ3) is 3.15. The van der Waals surface area contributed by atoms with E-state index in [1.807, 2.05) is 13.0 Å². The first-order valence-electron chi connectivity index (χ1n) is 7.74. The number of likely N-dealkylation sites (tertiary alicyclic amines) is 1. The van der Waals surface area contributed by atoms with Gasteiger partial charge in [0, 0.05) is 5.54 Å². The number of nitrogens with zero attached hydrogens (tertiary/aromatic N) is 1. The molecule has 3 heteroatoms. The second-order valence-electron chi connectivity index (χ2n) is 6.08. The number of benzene rings is 1. The first-order chi connectivity index (χ1) is 9.59. The highest BCUT2D eigenvalue weighted by Gasteiger charge is 2.36. The predicted octanol–water partition coefficient (Wildman–Crippen LogP) is 3.22. The highest BCUT2D eigenvalue weighted by Crippen LogP contribution is 2.34. The Bertz CT molecular complexity index is 425. The third-order valence-corrected chi connectivity index (χ3v) is 4.42. The minimum absolute atomic E-state index is 0.107. The quantitative estimate of drug-likeness (QED) is 0.863. The van der Waals surface area contributed by atoms with E-state index in [9.17, 15) is 0 Å². The van der Waals surface area contributed by atoms with Crippen molar-refractivity contribution in [1.29, 1.82) is 0 Å². The lowest BCUT2D eigenvalue weighted by atomic mass is 9.87. The van der Waals surface area contributed by atoms with Crippen molar-refractivity contribution >= 4 is 0 Å². The molecule has 3 nitrogen and oxygen atoms in total. The van der Waals surface area contributed by atoms with Crippen LogP contribution in [0.25, 0.3) is 0 Å². The Morgan fingerprint density at radius 2 is 2.00 bits per heavy atom. The largest absolute Gasteiger partial charge is 0.494 e. The van der Waals surface area contributed by atoms with Gasteiger partial charge in [-0.05, 0) is 71.4 Å². The van der Waals surface area contributed by atoms with Gasteiger partial charge >= 0.3 is 0 Å². The predicted molar refractivity (Wildman–Crippen MR) is 84.3 cm³/mol. The Kier molecular flexibility index (Phi) is 5.06. The van der Waals surface area contributed by atoms with Crippen LogP contribution < -0.4 is 10.1 Å². The zero-order valence-corrected chi connectivity index (χ0v) is 13.3. The summed E-state index contributed by atoms with van der Waals surface area (Å²) in [6.07, 6.45) is 2.64. The standard InChI is InChI=1S/C17H28N2O/c1-5-20-15-10-8-9-14(13-15)16(18-4)17(2,3)19-11-6-7-12-19/h8-10,13,16,18H,5-7,11-12H2,1-4H3. The van der Waals surface area contributed by atoms with Crippen molar-refractivity contribution in [3.05, 3.63) is 29.8 Å². The molecular weight excluding hydrogens is 248 g/mol. The Hall–Kier alpha value is -1.06. The van der Waals surface area contributed by atoms with Crippen molar-refractivity contribution in [2.75, 3.05) is 26.7 Å². The van der Waals surface area contributed by atoms with Gasteiger partial charge < -0.3 is 10.1 Å². The molecule has 1 saturated heterocycles. The molecule has 1 aromatic carbocycles. The van der Waals surface area contributed by atoms with Crippen LogP contribution in [0.15, 0.2) is 24.3 Å². The third-order valence-electron chi connectivity index (χ3n) is 4.42. The number of nitrogens with one attached hydrogen (secondary N) is 1. The number of likely N-dealkylation sites (N-methyl/N-ethyl adjacent to an activating group) is 1. The van der Waals surface area contributed by atoms with Crippen LogP contribution in [0, 0.1) is 0 Å². The van der Waals surface area contributed by atoms with Crippen molar-refractivity contribution in [3.63, 3.8) is 0 Å². The van der Waals surface area contributed by atoms with E-state index in [0.29, 0.717) is 12.6 Å². The highest BCUT2D eigenvalue weighted by molar-refractivity contribution is 5.32. The van der Waals surface area contributed by atoms with Crippen molar-refractivity contribution < 1.29 is 4.74 Å². The SMILES string of the molecule is CCOc1cccc(C(NC)C(C)(C)N2CCCC2)c1. The second-order valence-corrected chi connectivity index (χ2v) is 6.08. The summed E-state index contributed by atoms with van der Waals surface area (Å²) in [5, 5.41) is 3.51. The van der Waals surface area contributed by atoms with Crippen LogP contribution in [0.2, 0.25) is 0 Å². The van der Waals surface area contributed by atoms with E-state index in [2.05, 4.69) is 49.3 Å². The van der Waals surface area contributed by atoms with E-state index >= 15 is 0 Å². The number of hydrogen-bond donors (Lipinski definition) is 1. The molecule has 1 heterocycles. The summed E-state index contributed by atoms with van der Waals surface area (Å²) in [5.74, 6) is 0.961. The lowest BCUT2D eigenvalue weighted by Crippen LogP contribution is -2.50. The summed E-state index contributed by atoms with van der Waals surface area (Å²) in [4.78, 5) is 2.60. The zero-order chi connectivity index (χ0) is 14.6. The van der Waals surface area contributed by atoms with E-state index < -0.39 is 0 Å². The molecule has 1 aliphatic heterocycles. The summed E-state index contributed by atoms with van der Waals surface area (Å²) in [6, 6.07) is 8.79. The van der Waals surface area contributed by atoms with Crippen LogP contribution >= 0.6 is 0 Å². The highest BCUT2D eigenvalue weighted by atomic mass is 16.5. The molecule has 0 amide bonds. The molecule has 0 aromatic heterocycles. The molecule has 1 atom stereocenters. The van der Waals surface area contributed by atoms with E-state index in [1.54, 1.807) is 0 Å². The summed E-state index contributed by atoms with van der Waals surface area (Å²) in [7, 11) is 2.05. The molecule has 0 spiro atoms. The molecule has 20 heavy (non-hydrogen) atoms. The topological polar surface area (TPSA) is 24.5 Å². The van der Waals surface area contributed by atoms with Gasteiger partial charge in [0.15, 0.2) is 0 Å². The minimum Gasteiger partial charge on any atom is -0.494 e. The molecule has 1 N–H and O–H groups in total. The second kappa shape index (κ2) is 6.59. The van der Waals surface area contributed by atoms with Crippen molar-refractivity contribution in [2.24, 2.45) is 0 Å². The fourth-order valence-electron chi connectivity index (χ4n) is 3.35. The molecule has 1 aromatic rings. The normalized spacial score (nSPS) is 18.2. The van der Waals surface area contributed by atoms with Gasteiger partial charge in [0.1, 0.15) is 5.75 Å². The van der Waals surface area contributed by atoms with Crippen molar-refractivity contribution in [3.8, 4) is 5.75 Å². The molecule has 0 aliphatic carbocycles. The van der Waals surface area contributed by atoms with Gasteiger partial charge in [-0.25, -0.2) is 0 Å². The summed E-state index contributed by atoms with van der Waals surface area (Å²) in [6.45, 7) is 9.83.